The molecule has 0 aliphatic carbocycles. The van der Waals surface area contributed by atoms with Crippen molar-refractivity contribution in [3.05, 3.63) is 23.1 Å². The first-order chi connectivity index (χ1) is 4.88. The van der Waals surface area contributed by atoms with E-state index < -0.39 is 0 Å². The van der Waals surface area contributed by atoms with E-state index in [1.165, 1.54) is 0 Å². The number of nitrogens with zero attached hydrogens (tertiary/aromatic N) is 4. The molecule has 0 saturated heterocycles. The van der Waals surface area contributed by atoms with Crippen LogP contribution in [0.25, 0.3) is 5.65 Å². The monoisotopic (exact) mass is 198 g/mol. The molecular formula is C5H3BrN4. The number of rotatable bonds is 0. The number of hydrogen-bond acceptors (Lipinski definition) is 3. The molecule has 2 aromatic heterocycles. The van der Waals surface area contributed by atoms with Crippen LogP contribution in [0.2, 0.25) is 0 Å². The molecule has 0 fully saturated rings. The molecule has 0 radical (unpaired) electrons. The normalized spacial score (nSPS) is 10.5. The van der Waals surface area contributed by atoms with Crippen molar-refractivity contribution in [2.24, 2.45) is 0 Å². The van der Waals surface area contributed by atoms with E-state index >= 15 is 0 Å². The molecule has 0 bridgehead atoms. The maximum atomic E-state index is 4.03. The molecule has 4 nitrogen and oxygen atoms in total. The van der Waals surface area contributed by atoms with Gasteiger partial charge in [-0.15, -0.1) is 5.10 Å². The fourth-order valence-corrected chi connectivity index (χ4v) is 1.07. The van der Waals surface area contributed by atoms with Crippen LogP contribution < -0.4 is 0 Å². The molecule has 0 spiro atoms. The lowest BCUT2D eigenvalue weighted by Gasteiger charge is -1.85. The Balaban J connectivity index is 2.93. The second kappa shape index (κ2) is 2.02. The standard InChI is InChI=1S/C5H3BrN4/c6-4-5-7-2-1-3-10(5)9-8-4/h1-3H. The number of aromatic nitrogens is 4. The highest BCUT2D eigenvalue weighted by molar-refractivity contribution is 9.10. The minimum absolute atomic E-state index is 0.674. The smallest absolute Gasteiger partial charge is 0.190 e. The molecule has 50 valence electrons. The Morgan fingerprint density at radius 3 is 3.20 bits per heavy atom. The summed E-state index contributed by atoms with van der Waals surface area (Å²) in [4.78, 5) is 4.03. The van der Waals surface area contributed by atoms with Gasteiger partial charge in [0.25, 0.3) is 0 Å². The summed E-state index contributed by atoms with van der Waals surface area (Å²) in [6.07, 6.45) is 3.49. The van der Waals surface area contributed by atoms with Gasteiger partial charge in [0, 0.05) is 12.4 Å². The van der Waals surface area contributed by atoms with Crippen molar-refractivity contribution in [1.29, 1.82) is 0 Å². The van der Waals surface area contributed by atoms with Gasteiger partial charge in [-0.1, -0.05) is 5.21 Å². The van der Waals surface area contributed by atoms with Gasteiger partial charge in [0.2, 0.25) is 0 Å². The number of halogens is 1. The fourth-order valence-electron chi connectivity index (χ4n) is 0.716. The molecule has 0 aromatic carbocycles. The van der Waals surface area contributed by atoms with Crippen LogP contribution in [0.4, 0.5) is 0 Å². The van der Waals surface area contributed by atoms with Gasteiger partial charge < -0.3 is 0 Å². The summed E-state index contributed by atoms with van der Waals surface area (Å²) in [5.74, 6) is 0. The van der Waals surface area contributed by atoms with E-state index in [0.717, 1.165) is 5.65 Å². The minimum atomic E-state index is 0.674. The Morgan fingerprint density at radius 2 is 2.40 bits per heavy atom. The molecule has 0 unspecified atom stereocenters. The van der Waals surface area contributed by atoms with E-state index in [9.17, 15) is 0 Å². The van der Waals surface area contributed by atoms with E-state index in [1.54, 1.807) is 23.0 Å². The molecule has 0 atom stereocenters. The summed E-state index contributed by atoms with van der Waals surface area (Å²) in [5.41, 5.74) is 0.738. The maximum Gasteiger partial charge on any atom is 0.190 e. The van der Waals surface area contributed by atoms with Gasteiger partial charge in [0.1, 0.15) is 0 Å². The molecule has 2 aromatic rings. The molecule has 5 heteroatoms. The topological polar surface area (TPSA) is 43.1 Å². The Kier molecular flexibility index (Phi) is 1.17. The highest BCUT2D eigenvalue weighted by Crippen LogP contribution is 2.09. The van der Waals surface area contributed by atoms with Crippen molar-refractivity contribution in [2.75, 3.05) is 0 Å². The first-order valence-electron chi connectivity index (χ1n) is 2.69. The summed E-state index contributed by atoms with van der Waals surface area (Å²) >= 11 is 3.21. The van der Waals surface area contributed by atoms with Crippen LogP contribution in [-0.4, -0.2) is 19.8 Å². The first kappa shape index (κ1) is 5.79. The van der Waals surface area contributed by atoms with Crippen molar-refractivity contribution >= 4 is 21.6 Å². The zero-order valence-electron chi connectivity index (χ0n) is 4.90. The van der Waals surface area contributed by atoms with Crippen molar-refractivity contribution < 1.29 is 0 Å². The summed E-state index contributed by atoms with van der Waals surface area (Å²) in [5, 5.41) is 7.54. The maximum absolute atomic E-state index is 4.03. The minimum Gasteiger partial charge on any atom is -0.235 e. The predicted octanol–water partition coefficient (Wildman–Crippen LogP) is 0.887. The molecule has 0 saturated carbocycles. The lowest BCUT2D eigenvalue weighted by Crippen LogP contribution is -1.86. The molecule has 2 rings (SSSR count). The zero-order chi connectivity index (χ0) is 6.97. The van der Waals surface area contributed by atoms with Crippen LogP contribution >= 0.6 is 15.9 Å². The molecule has 0 amide bonds. The summed E-state index contributed by atoms with van der Waals surface area (Å²) in [6.45, 7) is 0. The van der Waals surface area contributed by atoms with Crippen LogP contribution in [-0.2, 0) is 0 Å². The van der Waals surface area contributed by atoms with E-state index in [0.29, 0.717) is 4.60 Å². The first-order valence-corrected chi connectivity index (χ1v) is 3.49. The fraction of sp³-hybridized carbons (Fsp3) is 0. The predicted molar refractivity (Wildman–Crippen MR) is 38.5 cm³/mol. The van der Waals surface area contributed by atoms with Gasteiger partial charge in [-0.25, -0.2) is 9.50 Å². The summed E-state index contributed by atoms with van der Waals surface area (Å²) < 4.78 is 2.28. The second-order valence-corrected chi connectivity index (χ2v) is 2.52. The van der Waals surface area contributed by atoms with Gasteiger partial charge in [-0.2, -0.15) is 0 Å². The van der Waals surface area contributed by atoms with E-state index in [2.05, 4.69) is 31.2 Å². The van der Waals surface area contributed by atoms with Crippen molar-refractivity contribution in [1.82, 2.24) is 19.8 Å². The van der Waals surface area contributed by atoms with Crippen molar-refractivity contribution in [3.63, 3.8) is 0 Å². The number of hydrogen-bond donors (Lipinski definition) is 0. The molecule has 0 aliphatic heterocycles. The molecular weight excluding hydrogens is 196 g/mol. The largest absolute Gasteiger partial charge is 0.235 e. The Bertz CT molecular complexity index is 355. The number of fused-ring (bicyclic) bond motifs is 1. The Labute approximate surface area is 65.0 Å². The molecule has 10 heavy (non-hydrogen) atoms. The van der Waals surface area contributed by atoms with E-state index in [-0.39, 0.29) is 0 Å². The Hall–Kier alpha value is -0.970. The van der Waals surface area contributed by atoms with Gasteiger partial charge in [0.05, 0.1) is 0 Å². The zero-order valence-corrected chi connectivity index (χ0v) is 6.48. The third kappa shape index (κ3) is 0.706. The summed E-state index contributed by atoms with van der Waals surface area (Å²) in [7, 11) is 0. The van der Waals surface area contributed by atoms with Crippen LogP contribution in [0.5, 0.6) is 0 Å². The van der Waals surface area contributed by atoms with Gasteiger partial charge >= 0.3 is 0 Å². The third-order valence-electron chi connectivity index (χ3n) is 1.14. The third-order valence-corrected chi connectivity index (χ3v) is 1.65. The van der Waals surface area contributed by atoms with Crippen LogP contribution in [0.15, 0.2) is 23.1 Å². The molecule has 0 aliphatic rings. The van der Waals surface area contributed by atoms with Crippen molar-refractivity contribution in [3.8, 4) is 0 Å². The van der Waals surface area contributed by atoms with E-state index in [1.807, 2.05) is 0 Å². The lowest BCUT2D eigenvalue weighted by atomic mass is 10.6. The average molecular weight is 199 g/mol. The highest BCUT2D eigenvalue weighted by atomic mass is 79.9. The Morgan fingerprint density at radius 1 is 1.50 bits per heavy atom. The second-order valence-electron chi connectivity index (χ2n) is 1.77. The SMILES string of the molecule is Brc1nnn2cccnc12. The average Bonchev–Trinajstić information content (AvgIpc) is 2.34. The van der Waals surface area contributed by atoms with Crippen LogP contribution in [0, 0.1) is 0 Å². The lowest BCUT2D eigenvalue weighted by molar-refractivity contribution is 0.844. The van der Waals surface area contributed by atoms with Gasteiger partial charge in [0.15, 0.2) is 10.3 Å². The van der Waals surface area contributed by atoms with Crippen LogP contribution in [0.3, 0.4) is 0 Å². The molecule has 2 heterocycles. The van der Waals surface area contributed by atoms with Crippen LogP contribution in [0.1, 0.15) is 0 Å². The quantitative estimate of drug-likeness (QED) is 0.632. The van der Waals surface area contributed by atoms with Crippen molar-refractivity contribution in [2.45, 2.75) is 0 Å². The molecule has 0 N–H and O–H groups in total. The van der Waals surface area contributed by atoms with E-state index in [4.69, 9.17) is 0 Å². The van der Waals surface area contributed by atoms with Gasteiger partial charge in [-0.05, 0) is 22.0 Å². The summed E-state index contributed by atoms with van der Waals surface area (Å²) in [6, 6.07) is 1.80. The van der Waals surface area contributed by atoms with Gasteiger partial charge in [-0.3, -0.25) is 0 Å². The highest BCUT2D eigenvalue weighted by Gasteiger charge is 1.99.